The van der Waals surface area contributed by atoms with Crippen LogP contribution < -0.4 is 10.1 Å². The number of amides is 1. The molecule has 1 aromatic carbocycles. The maximum Gasteiger partial charge on any atom is 0.220 e. The lowest BCUT2D eigenvalue weighted by atomic mass is 9.87. The van der Waals surface area contributed by atoms with Crippen LogP contribution in [0.5, 0.6) is 5.75 Å². The summed E-state index contributed by atoms with van der Waals surface area (Å²) >= 11 is 0. The fourth-order valence-electron chi connectivity index (χ4n) is 4.12. The number of para-hydroxylation sites is 1. The summed E-state index contributed by atoms with van der Waals surface area (Å²) in [7, 11) is 1.72. The van der Waals surface area contributed by atoms with Crippen molar-refractivity contribution in [3.63, 3.8) is 0 Å². The summed E-state index contributed by atoms with van der Waals surface area (Å²) in [6.07, 6.45) is 4.44. The van der Waals surface area contributed by atoms with Crippen molar-refractivity contribution in [2.45, 2.75) is 45.7 Å². The van der Waals surface area contributed by atoms with E-state index in [0.717, 1.165) is 43.9 Å². The average molecular weight is 396 g/mol. The number of ether oxygens (including phenoxy) is 1. The highest BCUT2D eigenvalue weighted by molar-refractivity contribution is 5.76. The van der Waals surface area contributed by atoms with Gasteiger partial charge in [-0.25, -0.2) is 0 Å². The van der Waals surface area contributed by atoms with E-state index in [4.69, 9.17) is 4.74 Å². The van der Waals surface area contributed by atoms with Gasteiger partial charge in [0.2, 0.25) is 5.91 Å². The third-order valence-electron chi connectivity index (χ3n) is 5.61. The third-order valence-corrected chi connectivity index (χ3v) is 5.61. The highest BCUT2D eigenvalue weighted by Gasteiger charge is 2.30. The molecular weight excluding hydrogens is 362 g/mol. The fourth-order valence-corrected chi connectivity index (χ4v) is 4.12. The molecule has 1 saturated heterocycles. The minimum absolute atomic E-state index is 0.0177. The molecule has 0 aliphatic carbocycles. The molecule has 1 aromatic heterocycles. The highest BCUT2D eigenvalue weighted by Crippen LogP contribution is 2.31. The van der Waals surface area contributed by atoms with Gasteiger partial charge in [-0.05, 0) is 56.0 Å². The zero-order valence-electron chi connectivity index (χ0n) is 17.8. The van der Waals surface area contributed by atoms with Gasteiger partial charge in [-0.15, -0.1) is 0 Å². The minimum Gasteiger partial charge on any atom is -0.496 e. The molecular formula is C24H33N3O2. The Morgan fingerprint density at radius 2 is 1.90 bits per heavy atom. The monoisotopic (exact) mass is 395 g/mol. The Labute approximate surface area is 174 Å². The van der Waals surface area contributed by atoms with Crippen LogP contribution in [0.4, 0.5) is 0 Å². The van der Waals surface area contributed by atoms with Gasteiger partial charge < -0.3 is 10.1 Å². The van der Waals surface area contributed by atoms with E-state index in [2.05, 4.69) is 41.2 Å². The van der Waals surface area contributed by atoms with Crippen molar-refractivity contribution >= 4 is 5.91 Å². The Hall–Kier alpha value is -2.40. The van der Waals surface area contributed by atoms with Gasteiger partial charge in [-0.1, -0.05) is 38.1 Å². The van der Waals surface area contributed by atoms with Gasteiger partial charge in [-0.3, -0.25) is 14.7 Å². The Kier molecular flexibility index (Phi) is 7.64. The fraction of sp³-hybridized carbons (Fsp3) is 0.500. The van der Waals surface area contributed by atoms with Gasteiger partial charge in [0.25, 0.3) is 0 Å². The molecule has 0 unspecified atom stereocenters. The lowest BCUT2D eigenvalue weighted by Gasteiger charge is -2.36. The molecule has 5 nitrogen and oxygen atoms in total. The second-order valence-electron chi connectivity index (χ2n) is 8.32. The van der Waals surface area contributed by atoms with Gasteiger partial charge in [0.1, 0.15) is 5.75 Å². The second kappa shape index (κ2) is 10.4. The average Bonchev–Trinajstić information content (AvgIpc) is 2.73. The molecule has 0 saturated carbocycles. The number of carbonyl (C=O) groups is 1. The van der Waals surface area contributed by atoms with E-state index in [1.54, 1.807) is 7.11 Å². The number of likely N-dealkylation sites (tertiary alicyclic amines) is 1. The van der Waals surface area contributed by atoms with Crippen molar-refractivity contribution in [2.24, 2.45) is 11.8 Å². The summed E-state index contributed by atoms with van der Waals surface area (Å²) in [6, 6.07) is 14.2. The van der Waals surface area contributed by atoms with Crippen molar-refractivity contribution in [1.82, 2.24) is 15.2 Å². The molecule has 5 heteroatoms. The smallest absolute Gasteiger partial charge is 0.220 e. The largest absolute Gasteiger partial charge is 0.496 e. The molecule has 1 N–H and O–H groups in total. The van der Waals surface area contributed by atoms with E-state index >= 15 is 0 Å². The first kappa shape index (κ1) is 21.3. The summed E-state index contributed by atoms with van der Waals surface area (Å²) in [6.45, 7) is 7.06. The molecule has 3 rings (SSSR count). The second-order valence-corrected chi connectivity index (χ2v) is 8.32. The van der Waals surface area contributed by atoms with Gasteiger partial charge in [-0.2, -0.15) is 0 Å². The van der Waals surface area contributed by atoms with Crippen molar-refractivity contribution in [3.8, 4) is 5.75 Å². The Balaban J connectivity index is 1.64. The van der Waals surface area contributed by atoms with Crippen LogP contribution in [0.25, 0.3) is 0 Å². The first-order valence-electron chi connectivity index (χ1n) is 10.6. The number of benzene rings is 1. The maximum atomic E-state index is 12.5. The van der Waals surface area contributed by atoms with Crippen LogP contribution in [0.3, 0.4) is 0 Å². The number of rotatable bonds is 8. The van der Waals surface area contributed by atoms with Gasteiger partial charge in [0.15, 0.2) is 0 Å². The molecule has 0 spiro atoms. The number of aromatic nitrogens is 1. The lowest BCUT2D eigenvalue weighted by molar-refractivity contribution is -0.123. The zero-order chi connectivity index (χ0) is 20.6. The van der Waals surface area contributed by atoms with Crippen molar-refractivity contribution in [3.05, 3.63) is 59.9 Å². The zero-order valence-corrected chi connectivity index (χ0v) is 17.8. The molecule has 1 amide bonds. The predicted octanol–water partition coefficient (Wildman–Crippen LogP) is 4.21. The van der Waals surface area contributed by atoms with Crippen LogP contribution in [0.2, 0.25) is 0 Å². The molecule has 1 fully saturated rings. The number of pyridine rings is 1. The van der Waals surface area contributed by atoms with E-state index in [1.807, 2.05) is 36.5 Å². The predicted molar refractivity (Wildman–Crippen MR) is 116 cm³/mol. The number of nitrogens with one attached hydrogen (secondary N) is 1. The summed E-state index contributed by atoms with van der Waals surface area (Å²) in [4.78, 5) is 19.5. The number of carbonyl (C=O) groups excluding carboxylic acids is 1. The number of piperidine rings is 1. The maximum absolute atomic E-state index is 12.5. The summed E-state index contributed by atoms with van der Waals surface area (Å²) in [5.74, 6) is 1.81. The number of hydrogen-bond acceptors (Lipinski definition) is 4. The SMILES string of the molecule is COc1ccccc1CN1CCC([C@H](NC(=O)CC(C)C)c2ccccn2)CC1. The molecule has 1 aliphatic heterocycles. The van der Waals surface area contributed by atoms with Crippen LogP contribution in [-0.2, 0) is 11.3 Å². The molecule has 29 heavy (non-hydrogen) atoms. The number of nitrogens with zero attached hydrogens (tertiary/aromatic N) is 2. The van der Waals surface area contributed by atoms with Gasteiger partial charge in [0.05, 0.1) is 18.8 Å². The van der Waals surface area contributed by atoms with Crippen molar-refractivity contribution < 1.29 is 9.53 Å². The van der Waals surface area contributed by atoms with E-state index in [0.29, 0.717) is 18.3 Å². The molecule has 2 heterocycles. The van der Waals surface area contributed by atoms with E-state index in [9.17, 15) is 4.79 Å². The standard InChI is InChI=1S/C24H33N3O2/c1-18(2)16-23(28)26-24(21-9-6-7-13-25-21)19-11-14-27(15-12-19)17-20-8-4-5-10-22(20)29-3/h4-10,13,18-19,24H,11-12,14-17H2,1-3H3,(H,26,28)/t24-/m0/s1. The quantitative estimate of drug-likeness (QED) is 0.728. The topological polar surface area (TPSA) is 54.5 Å². The summed E-state index contributed by atoms with van der Waals surface area (Å²) in [5, 5.41) is 3.28. The molecule has 0 radical (unpaired) electrons. The van der Waals surface area contributed by atoms with Crippen LogP contribution in [0.15, 0.2) is 48.7 Å². The number of methoxy groups -OCH3 is 1. The van der Waals surface area contributed by atoms with Crippen molar-refractivity contribution in [2.75, 3.05) is 20.2 Å². The molecule has 0 bridgehead atoms. The first-order valence-corrected chi connectivity index (χ1v) is 10.6. The van der Waals surface area contributed by atoms with Crippen molar-refractivity contribution in [1.29, 1.82) is 0 Å². The van der Waals surface area contributed by atoms with E-state index in [-0.39, 0.29) is 11.9 Å². The minimum atomic E-state index is -0.0177. The molecule has 2 aromatic rings. The van der Waals surface area contributed by atoms with Crippen LogP contribution in [-0.4, -0.2) is 36.0 Å². The summed E-state index contributed by atoms with van der Waals surface area (Å²) < 4.78 is 5.50. The molecule has 156 valence electrons. The summed E-state index contributed by atoms with van der Waals surface area (Å²) in [5.41, 5.74) is 2.19. The van der Waals surface area contributed by atoms with E-state index in [1.165, 1.54) is 5.56 Å². The van der Waals surface area contributed by atoms with Crippen LogP contribution >= 0.6 is 0 Å². The molecule has 1 aliphatic rings. The lowest BCUT2D eigenvalue weighted by Crippen LogP contribution is -2.41. The Morgan fingerprint density at radius 3 is 2.55 bits per heavy atom. The van der Waals surface area contributed by atoms with Crippen LogP contribution in [0, 0.1) is 11.8 Å². The first-order chi connectivity index (χ1) is 14.1. The number of hydrogen-bond donors (Lipinski definition) is 1. The Bertz CT molecular complexity index is 771. The Morgan fingerprint density at radius 1 is 1.17 bits per heavy atom. The highest BCUT2D eigenvalue weighted by atomic mass is 16.5. The van der Waals surface area contributed by atoms with Gasteiger partial charge in [0, 0.05) is 24.7 Å². The van der Waals surface area contributed by atoms with E-state index < -0.39 is 0 Å². The van der Waals surface area contributed by atoms with Crippen LogP contribution in [0.1, 0.15) is 50.4 Å². The third kappa shape index (κ3) is 6.04. The normalized spacial score (nSPS) is 16.6. The van der Waals surface area contributed by atoms with Gasteiger partial charge >= 0.3 is 0 Å². The molecule has 1 atom stereocenters.